The topological polar surface area (TPSA) is 91.8 Å². The van der Waals surface area contributed by atoms with Crippen LogP contribution in [0.15, 0.2) is 23.1 Å². The van der Waals surface area contributed by atoms with Gasteiger partial charge in [-0.25, -0.2) is 16.8 Å². The van der Waals surface area contributed by atoms with Gasteiger partial charge in [0.2, 0.25) is 15.9 Å². The van der Waals surface area contributed by atoms with Gasteiger partial charge < -0.3 is 4.90 Å². The molecule has 0 radical (unpaired) electrons. The first-order valence-electron chi connectivity index (χ1n) is 9.00. The molecule has 1 aliphatic heterocycles. The molecule has 0 bridgehead atoms. The van der Waals surface area contributed by atoms with E-state index >= 15 is 0 Å². The lowest BCUT2D eigenvalue weighted by atomic mass is 10.3. The molecular formula is C17H24Cl2N2O5S2. The highest BCUT2D eigenvalue weighted by Crippen LogP contribution is 2.27. The standard InChI is InChI=1S/C17H24Cl2N2O5S2/c1-2-3-4-11-27(23,24)13-17(22)20-7-9-21(10-8-20)28(25,26)14-5-6-15(18)16(19)12-14/h5-6,12H,2-4,7-11,13H2,1H3. The van der Waals surface area contributed by atoms with E-state index in [4.69, 9.17) is 23.2 Å². The minimum absolute atomic E-state index is 0.00174. The fourth-order valence-corrected chi connectivity index (χ4v) is 6.05. The van der Waals surface area contributed by atoms with Crippen LogP contribution in [0.5, 0.6) is 0 Å². The van der Waals surface area contributed by atoms with Crippen molar-refractivity contribution in [3.05, 3.63) is 28.2 Å². The number of unbranched alkanes of at least 4 members (excludes halogenated alkanes) is 2. The second-order valence-electron chi connectivity index (χ2n) is 6.66. The third kappa shape index (κ3) is 6.06. The molecule has 1 aromatic rings. The number of halogens is 2. The molecule has 0 N–H and O–H groups in total. The van der Waals surface area contributed by atoms with Crippen LogP contribution in [-0.2, 0) is 24.7 Å². The zero-order valence-electron chi connectivity index (χ0n) is 15.6. The van der Waals surface area contributed by atoms with Crippen molar-refractivity contribution in [3.8, 4) is 0 Å². The van der Waals surface area contributed by atoms with Crippen molar-refractivity contribution in [2.24, 2.45) is 0 Å². The van der Waals surface area contributed by atoms with Gasteiger partial charge in [0.1, 0.15) is 5.75 Å². The smallest absolute Gasteiger partial charge is 0.243 e. The van der Waals surface area contributed by atoms with E-state index in [0.717, 1.165) is 12.8 Å². The molecule has 0 unspecified atom stereocenters. The summed E-state index contributed by atoms with van der Waals surface area (Å²) >= 11 is 11.7. The van der Waals surface area contributed by atoms with Gasteiger partial charge in [-0.2, -0.15) is 4.31 Å². The highest BCUT2D eigenvalue weighted by atomic mass is 35.5. The normalized spacial score (nSPS) is 16.3. The molecule has 0 saturated carbocycles. The number of nitrogens with zero attached hydrogens (tertiary/aromatic N) is 2. The van der Waals surface area contributed by atoms with E-state index in [1.807, 2.05) is 6.92 Å². The molecular weight excluding hydrogens is 447 g/mol. The van der Waals surface area contributed by atoms with Crippen LogP contribution in [0.1, 0.15) is 26.2 Å². The molecule has 1 amide bonds. The summed E-state index contributed by atoms with van der Waals surface area (Å²) in [5.41, 5.74) is 0. The van der Waals surface area contributed by atoms with Gasteiger partial charge in [-0.1, -0.05) is 43.0 Å². The highest BCUT2D eigenvalue weighted by Gasteiger charge is 2.31. The lowest BCUT2D eigenvalue weighted by Gasteiger charge is -2.34. The number of carbonyl (C=O) groups excluding carboxylic acids is 1. The van der Waals surface area contributed by atoms with E-state index in [1.54, 1.807) is 0 Å². The summed E-state index contributed by atoms with van der Waals surface area (Å²) in [6, 6.07) is 4.09. The lowest BCUT2D eigenvalue weighted by molar-refractivity contribution is -0.129. The predicted molar refractivity (Wildman–Crippen MR) is 110 cm³/mol. The number of hydrogen-bond donors (Lipinski definition) is 0. The van der Waals surface area contributed by atoms with E-state index in [9.17, 15) is 21.6 Å². The SMILES string of the molecule is CCCCCS(=O)(=O)CC(=O)N1CCN(S(=O)(=O)c2ccc(Cl)c(Cl)c2)CC1. The van der Waals surface area contributed by atoms with Crippen molar-refractivity contribution in [1.82, 2.24) is 9.21 Å². The average molecular weight is 471 g/mol. The number of sulfonamides is 1. The number of piperazine rings is 1. The predicted octanol–water partition coefficient (Wildman–Crippen LogP) is 2.43. The summed E-state index contributed by atoms with van der Waals surface area (Å²) in [5, 5.41) is 0.404. The van der Waals surface area contributed by atoms with E-state index in [2.05, 4.69) is 0 Å². The zero-order valence-corrected chi connectivity index (χ0v) is 18.7. The van der Waals surface area contributed by atoms with Crippen LogP contribution in [0.25, 0.3) is 0 Å². The maximum Gasteiger partial charge on any atom is 0.243 e. The van der Waals surface area contributed by atoms with Crippen molar-refractivity contribution in [2.45, 2.75) is 31.1 Å². The number of carbonyl (C=O) groups is 1. The van der Waals surface area contributed by atoms with Crippen molar-refractivity contribution < 1.29 is 21.6 Å². The van der Waals surface area contributed by atoms with Crippen molar-refractivity contribution >= 4 is 49.0 Å². The highest BCUT2D eigenvalue weighted by molar-refractivity contribution is 7.92. The van der Waals surface area contributed by atoms with Gasteiger partial charge in [-0.05, 0) is 24.6 Å². The quantitative estimate of drug-likeness (QED) is 0.543. The minimum Gasteiger partial charge on any atom is -0.339 e. The summed E-state index contributed by atoms with van der Waals surface area (Å²) in [4.78, 5) is 13.7. The Hall–Kier alpha value is -0.870. The summed E-state index contributed by atoms with van der Waals surface area (Å²) in [6.45, 7) is 2.44. The molecule has 0 atom stereocenters. The van der Waals surface area contributed by atoms with Crippen molar-refractivity contribution in [3.63, 3.8) is 0 Å². The Labute approximate surface area is 176 Å². The van der Waals surface area contributed by atoms with Crippen LogP contribution in [0.2, 0.25) is 10.0 Å². The molecule has 11 heteroatoms. The lowest BCUT2D eigenvalue weighted by Crippen LogP contribution is -2.51. The van der Waals surface area contributed by atoms with Crippen LogP contribution in [0, 0.1) is 0 Å². The maximum atomic E-state index is 12.7. The van der Waals surface area contributed by atoms with Crippen molar-refractivity contribution in [1.29, 1.82) is 0 Å². The molecule has 28 heavy (non-hydrogen) atoms. The van der Waals surface area contributed by atoms with E-state index in [0.29, 0.717) is 6.42 Å². The molecule has 0 aliphatic carbocycles. The van der Waals surface area contributed by atoms with Gasteiger partial charge >= 0.3 is 0 Å². The first-order chi connectivity index (χ1) is 13.1. The molecule has 0 aromatic heterocycles. The van der Waals surface area contributed by atoms with Crippen LogP contribution >= 0.6 is 23.2 Å². The minimum atomic E-state index is -3.77. The van der Waals surface area contributed by atoms with E-state index < -0.39 is 31.5 Å². The molecule has 158 valence electrons. The molecule has 1 heterocycles. The molecule has 1 saturated heterocycles. The number of amides is 1. The van der Waals surface area contributed by atoms with Crippen molar-refractivity contribution in [2.75, 3.05) is 37.7 Å². The maximum absolute atomic E-state index is 12.7. The summed E-state index contributed by atoms with van der Waals surface area (Å²) in [5.74, 6) is -1.02. The second kappa shape index (κ2) is 9.75. The first-order valence-corrected chi connectivity index (χ1v) is 13.0. The van der Waals surface area contributed by atoms with Gasteiger partial charge in [0.05, 0.1) is 20.7 Å². The van der Waals surface area contributed by atoms with Gasteiger partial charge in [0.25, 0.3) is 0 Å². The fraction of sp³-hybridized carbons (Fsp3) is 0.588. The van der Waals surface area contributed by atoms with Gasteiger partial charge in [-0.15, -0.1) is 0 Å². The van der Waals surface area contributed by atoms with Gasteiger partial charge in [0, 0.05) is 26.2 Å². The third-order valence-electron chi connectivity index (χ3n) is 4.52. The number of rotatable bonds is 8. The van der Waals surface area contributed by atoms with Gasteiger partial charge in [0.15, 0.2) is 9.84 Å². The first kappa shape index (κ1) is 23.4. The third-order valence-corrected chi connectivity index (χ3v) is 8.75. The van der Waals surface area contributed by atoms with Crippen LogP contribution < -0.4 is 0 Å². The summed E-state index contributed by atoms with van der Waals surface area (Å²) in [6.07, 6.45) is 2.25. The van der Waals surface area contributed by atoms with Crippen LogP contribution in [0.4, 0.5) is 0 Å². The molecule has 1 aliphatic rings. The molecule has 7 nitrogen and oxygen atoms in total. The monoisotopic (exact) mass is 470 g/mol. The van der Waals surface area contributed by atoms with E-state index in [-0.39, 0.29) is 46.9 Å². The second-order valence-corrected chi connectivity index (χ2v) is 11.6. The zero-order chi connectivity index (χ0) is 20.9. The Bertz CT molecular complexity index is 911. The van der Waals surface area contributed by atoms with Crippen LogP contribution in [0.3, 0.4) is 0 Å². The van der Waals surface area contributed by atoms with E-state index in [1.165, 1.54) is 27.4 Å². The average Bonchev–Trinajstić information content (AvgIpc) is 2.63. The van der Waals surface area contributed by atoms with Gasteiger partial charge in [-0.3, -0.25) is 4.79 Å². The Morgan fingerprint density at radius 3 is 2.21 bits per heavy atom. The largest absolute Gasteiger partial charge is 0.339 e. The Morgan fingerprint density at radius 1 is 1.00 bits per heavy atom. The van der Waals surface area contributed by atoms with Crippen LogP contribution in [-0.4, -0.2) is 69.6 Å². The Kier molecular flexibility index (Phi) is 8.16. The molecule has 0 spiro atoms. The summed E-state index contributed by atoms with van der Waals surface area (Å²) < 4.78 is 50.8. The number of benzene rings is 1. The number of hydrogen-bond acceptors (Lipinski definition) is 5. The Balaban J connectivity index is 1.96. The Morgan fingerprint density at radius 2 is 1.64 bits per heavy atom. The number of sulfone groups is 1. The molecule has 2 rings (SSSR count). The summed E-state index contributed by atoms with van der Waals surface area (Å²) in [7, 11) is -7.21. The molecule has 1 aromatic carbocycles. The molecule has 1 fully saturated rings. The fourth-order valence-electron chi connectivity index (χ4n) is 2.89.